The first-order valence-corrected chi connectivity index (χ1v) is 9.63. The lowest BCUT2D eigenvalue weighted by molar-refractivity contribution is 0.116. The Labute approximate surface area is 178 Å². The monoisotopic (exact) mass is 430 g/mol. The predicted octanol–water partition coefficient (Wildman–Crippen LogP) is 2.46. The zero-order valence-electron chi connectivity index (χ0n) is 17.4. The number of fused-ring (bicyclic) bond motifs is 1. The molecule has 0 spiro atoms. The van der Waals surface area contributed by atoms with Gasteiger partial charge >= 0.3 is 0 Å². The summed E-state index contributed by atoms with van der Waals surface area (Å²) in [6.45, 7) is 0.486. The predicted molar refractivity (Wildman–Crippen MR) is 113 cm³/mol. The Morgan fingerprint density at radius 1 is 1.27 bits per heavy atom. The third-order valence-electron chi connectivity index (χ3n) is 5.00. The fourth-order valence-electron chi connectivity index (χ4n) is 3.48. The molecule has 0 amide bonds. The highest BCUT2D eigenvalue weighted by atomic mass is 35.5. The number of hydrogen-bond acceptors (Lipinski definition) is 7. The van der Waals surface area contributed by atoms with Gasteiger partial charge in [0.15, 0.2) is 5.82 Å². The quantitative estimate of drug-likeness (QED) is 0.480. The van der Waals surface area contributed by atoms with Crippen LogP contribution in [0.5, 0.6) is 5.88 Å². The first-order valence-electron chi connectivity index (χ1n) is 9.25. The van der Waals surface area contributed by atoms with Crippen molar-refractivity contribution in [3.05, 3.63) is 35.6 Å². The number of halogens is 1. The normalized spacial score (nSPS) is 12.8. The number of aromatic nitrogens is 7. The molecule has 11 heteroatoms. The van der Waals surface area contributed by atoms with Crippen LogP contribution in [0.2, 0.25) is 5.02 Å². The summed E-state index contributed by atoms with van der Waals surface area (Å²) < 4.78 is 14.5. The van der Waals surface area contributed by atoms with E-state index in [1.165, 1.54) is 0 Å². The Kier molecular flexibility index (Phi) is 5.46. The molecule has 0 aromatic carbocycles. The minimum atomic E-state index is -0.0599. The Morgan fingerprint density at radius 2 is 2.07 bits per heavy atom. The first-order chi connectivity index (χ1) is 14.5. The number of rotatable bonds is 7. The highest BCUT2D eigenvalue weighted by Gasteiger charge is 2.26. The zero-order chi connectivity index (χ0) is 21.4. The van der Waals surface area contributed by atoms with Crippen LogP contribution in [-0.2, 0) is 11.8 Å². The van der Waals surface area contributed by atoms with E-state index in [0.717, 1.165) is 16.9 Å². The van der Waals surface area contributed by atoms with Crippen LogP contribution in [-0.4, -0.2) is 74.1 Å². The number of ether oxygens (including phenoxy) is 2. The van der Waals surface area contributed by atoms with E-state index >= 15 is 0 Å². The molecule has 4 aromatic heterocycles. The molecule has 10 nitrogen and oxygen atoms in total. The molecule has 1 atom stereocenters. The smallest absolute Gasteiger partial charge is 0.233 e. The average Bonchev–Trinajstić information content (AvgIpc) is 3.45. The van der Waals surface area contributed by atoms with Gasteiger partial charge in [0.2, 0.25) is 5.88 Å². The molecule has 158 valence electrons. The second kappa shape index (κ2) is 8.05. The molecule has 0 fully saturated rings. The number of likely N-dealkylation sites (N-methyl/N-ethyl adjacent to an activating group) is 1. The summed E-state index contributed by atoms with van der Waals surface area (Å²) in [5.41, 5.74) is 3.10. The maximum Gasteiger partial charge on any atom is 0.233 e. The fourth-order valence-corrected chi connectivity index (χ4v) is 3.70. The van der Waals surface area contributed by atoms with E-state index in [-0.39, 0.29) is 6.04 Å². The fraction of sp³-hybridized carbons (Fsp3) is 0.368. The third kappa shape index (κ3) is 3.32. The molecule has 0 aliphatic carbocycles. The van der Waals surface area contributed by atoms with Gasteiger partial charge in [-0.3, -0.25) is 10.00 Å². The van der Waals surface area contributed by atoms with Crippen molar-refractivity contribution >= 4 is 22.6 Å². The minimum Gasteiger partial charge on any atom is -0.480 e. The van der Waals surface area contributed by atoms with Crippen LogP contribution in [0.1, 0.15) is 11.9 Å². The van der Waals surface area contributed by atoms with Gasteiger partial charge in [0, 0.05) is 26.6 Å². The van der Waals surface area contributed by atoms with Crippen molar-refractivity contribution in [1.82, 2.24) is 39.2 Å². The lowest BCUT2D eigenvalue weighted by Crippen LogP contribution is -2.25. The molecule has 1 unspecified atom stereocenters. The number of nitrogens with zero attached hydrogens (tertiary/aromatic N) is 7. The molecule has 0 aliphatic rings. The van der Waals surface area contributed by atoms with E-state index in [1.54, 1.807) is 26.7 Å². The summed E-state index contributed by atoms with van der Waals surface area (Å²) in [5, 5.41) is 7.98. The van der Waals surface area contributed by atoms with Crippen LogP contribution in [0.3, 0.4) is 0 Å². The molecule has 0 saturated heterocycles. The van der Waals surface area contributed by atoms with Gasteiger partial charge in [-0.05, 0) is 20.2 Å². The Balaban J connectivity index is 1.95. The maximum atomic E-state index is 6.35. The van der Waals surface area contributed by atoms with Gasteiger partial charge < -0.3 is 18.6 Å². The van der Waals surface area contributed by atoms with Crippen molar-refractivity contribution in [1.29, 1.82) is 0 Å². The second-order valence-corrected chi connectivity index (χ2v) is 7.46. The number of aryl methyl sites for hydroxylation is 1. The van der Waals surface area contributed by atoms with E-state index in [4.69, 9.17) is 26.1 Å². The molecule has 1 N–H and O–H groups in total. The molecule has 4 aromatic rings. The molecule has 0 bridgehead atoms. The van der Waals surface area contributed by atoms with Crippen LogP contribution >= 0.6 is 11.6 Å². The lowest BCUT2D eigenvalue weighted by atomic mass is 10.2. The van der Waals surface area contributed by atoms with E-state index in [0.29, 0.717) is 34.7 Å². The topological polar surface area (TPSA) is 98.9 Å². The van der Waals surface area contributed by atoms with E-state index in [1.807, 2.05) is 47.4 Å². The molecular weight excluding hydrogens is 408 g/mol. The summed E-state index contributed by atoms with van der Waals surface area (Å²) in [7, 11) is 9.07. The lowest BCUT2D eigenvalue weighted by Gasteiger charge is -2.20. The average molecular weight is 431 g/mol. The Bertz CT molecular complexity index is 1170. The number of imidazole rings is 1. The zero-order valence-corrected chi connectivity index (χ0v) is 18.2. The summed E-state index contributed by atoms with van der Waals surface area (Å²) >= 11 is 6.35. The number of methoxy groups -OCH3 is 2. The van der Waals surface area contributed by atoms with Crippen LogP contribution in [0.4, 0.5) is 0 Å². The van der Waals surface area contributed by atoms with Gasteiger partial charge in [-0.15, -0.1) is 0 Å². The van der Waals surface area contributed by atoms with Crippen molar-refractivity contribution in [2.24, 2.45) is 7.05 Å². The van der Waals surface area contributed by atoms with Gasteiger partial charge in [-0.2, -0.15) is 5.10 Å². The molecule has 4 heterocycles. The first kappa shape index (κ1) is 20.3. The summed E-state index contributed by atoms with van der Waals surface area (Å²) in [4.78, 5) is 15.6. The number of nitrogens with one attached hydrogen (secondary N) is 1. The van der Waals surface area contributed by atoms with Crippen molar-refractivity contribution < 1.29 is 9.47 Å². The summed E-state index contributed by atoms with van der Waals surface area (Å²) in [6.07, 6.45) is 5.27. The highest BCUT2D eigenvalue weighted by Crippen LogP contribution is 2.37. The van der Waals surface area contributed by atoms with E-state index in [9.17, 15) is 0 Å². The summed E-state index contributed by atoms with van der Waals surface area (Å²) in [5.74, 6) is 1.60. The van der Waals surface area contributed by atoms with Crippen molar-refractivity contribution in [2.45, 2.75) is 6.04 Å². The number of aromatic amines is 1. The van der Waals surface area contributed by atoms with Crippen LogP contribution in [0.15, 0.2) is 24.8 Å². The molecule has 0 aliphatic heterocycles. The standard InChI is InChI=1S/C19H23ClN8O2/c1-26(2)13(9-29-4)17-23-18(25-24-17)16-15(28-7-6-21-10-28)14-12(27(16)3)8-11(20)19(22-14)30-5/h6-8,10,13H,9H2,1-5H3,(H,23,24,25). The van der Waals surface area contributed by atoms with Crippen LogP contribution in [0, 0.1) is 0 Å². The summed E-state index contributed by atoms with van der Waals surface area (Å²) in [6, 6.07) is 1.77. The molecule has 4 rings (SSSR count). The molecule has 30 heavy (non-hydrogen) atoms. The number of hydrogen-bond donors (Lipinski definition) is 1. The Hall–Kier alpha value is -2.95. The van der Waals surface area contributed by atoms with Gasteiger partial charge in [-0.25, -0.2) is 15.0 Å². The molecule has 0 saturated carbocycles. The SMILES string of the molecule is COCC(c1nc(-c2c(-n3ccnc3)c3nc(OC)c(Cl)cc3n2C)n[nH]1)N(C)C. The van der Waals surface area contributed by atoms with Crippen molar-refractivity contribution in [2.75, 3.05) is 34.9 Å². The number of pyridine rings is 1. The van der Waals surface area contributed by atoms with Gasteiger partial charge in [0.05, 0.1) is 31.6 Å². The number of H-pyrrole nitrogens is 1. The Morgan fingerprint density at radius 3 is 2.70 bits per heavy atom. The van der Waals surface area contributed by atoms with E-state index in [2.05, 4.69) is 20.2 Å². The maximum absolute atomic E-state index is 6.35. The third-order valence-corrected chi connectivity index (χ3v) is 5.27. The van der Waals surface area contributed by atoms with Gasteiger partial charge in [0.1, 0.15) is 27.7 Å². The van der Waals surface area contributed by atoms with Gasteiger partial charge in [-0.1, -0.05) is 11.6 Å². The van der Waals surface area contributed by atoms with Crippen molar-refractivity contribution in [3.63, 3.8) is 0 Å². The van der Waals surface area contributed by atoms with Crippen molar-refractivity contribution in [3.8, 4) is 23.1 Å². The van der Waals surface area contributed by atoms with Crippen LogP contribution < -0.4 is 4.74 Å². The second-order valence-electron chi connectivity index (χ2n) is 7.05. The highest BCUT2D eigenvalue weighted by molar-refractivity contribution is 6.32. The van der Waals surface area contributed by atoms with Gasteiger partial charge in [0.25, 0.3) is 0 Å². The minimum absolute atomic E-state index is 0.0599. The largest absolute Gasteiger partial charge is 0.480 e. The van der Waals surface area contributed by atoms with Crippen LogP contribution in [0.25, 0.3) is 28.2 Å². The van der Waals surface area contributed by atoms with E-state index < -0.39 is 0 Å². The molecular formula is C19H23ClN8O2. The molecule has 0 radical (unpaired) electrons.